The number of rotatable bonds is 6. The Hall–Kier alpha value is -3.65. The summed E-state index contributed by atoms with van der Waals surface area (Å²) in [6.07, 6.45) is 1.65. The van der Waals surface area contributed by atoms with Gasteiger partial charge in [-0.1, -0.05) is 31.9 Å². The third-order valence-electron chi connectivity index (χ3n) is 5.55. The Morgan fingerprint density at radius 1 is 1.13 bits per heavy atom. The third-order valence-corrected chi connectivity index (χ3v) is 6.03. The summed E-state index contributed by atoms with van der Waals surface area (Å²) >= 11 is 0. The van der Waals surface area contributed by atoms with E-state index < -0.39 is 34.3 Å². The number of pyridine rings is 1. The highest BCUT2D eigenvalue weighted by Crippen LogP contribution is 2.35. The van der Waals surface area contributed by atoms with Gasteiger partial charge in [0.05, 0.1) is 17.3 Å². The van der Waals surface area contributed by atoms with E-state index >= 15 is 0 Å². The zero-order chi connectivity index (χ0) is 28.9. The van der Waals surface area contributed by atoms with Crippen LogP contribution >= 0.6 is 0 Å². The molecule has 2 aromatic heterocycles. The lowest BCUT2D eigenvalue weighted by Gasteiger charge is -2.17. The fourth-order valence-electron chi connectivity index (χ4n) is 4.12. The predicted molar refractivity (Wildman–Crippen MR) is 153 cm³/mol. The molecule has 0 fully saturated rings. The van der Waals surface area contributed by atoms with Gasteiger partial charge in [-0.2, -0.15) is 5.10 Å². The molecule has 4 N–H and O–H groups in total. The quantitative estimate of drug-likeness (QED) is 0.291. The maximum Gasteiger partial charge on any atom is 0.167 e. The van der Waals surface area contributed by atoms with Crippen LogP contribution in [0.3, 0.4) is 0 Å². The summed E-state index contributed by atoms with van der Waals surface area (Å²) in [5, 5.41) is 15.3. The van der Waals surface area contributed by atoms with Crippen molar-refractivity contribution in [3.05, 3.63) is 77.1 Å². The van der Waals surface area contributed by atoms with Crippen LogP contribution in [0, 0.1) is 23.5 Å². The first-order chi connectivity index (χ1) is 18.4. The SMILES string of the molecule is CC.Cn1nc(NS(C)=O)c2cccc(-c3ccc(C#CC(C)(C)O)nc3C(N)Cc3cc(F)cc(F)c3)c21. The maximum absolute atomic E-state index is 13.8. The number of halogens is 2. The second kappa shape index (κ2) is 12.5. The molecule has 0 radical (unpaired) electrons. The van der Waals surface area contributed by atoms with Crippen molar-refractivity contribution in [2.24, 2.45) is 12.8 Å². The standard InChI is InChI=1S/C27H27F2N5O2S.C2H6/c1-27(2,35)11-10-19-8-9-20(24(31-19)23(30)14-16-12-17(28)15-18(29)13-16)21-6-5-7-22-25(21)34(3)32-26(22)33-37(4)36;1-2/h5-9,12-13,15,23,35H,14,30H2,1-4H3,(H,32,33);1-2H3. The second-order valence-electron chi connectivity index (χ2n) is 9.26. The van der Waals surface area contributed by atoms with E-state index in [2.05, 4.69) is 21.7 Å². The van der Waals surface area contributed by atoms with Crippen LogP contribution in [0.5, 0.6) is 0 Å². The fourth-order valence-corrected chi connectivity index (χ4v) is 4.54. The highest BCUT2D eigenvalue weighted by Gasteiger charge is 2.21. The van der Waals surface area contributed by atoms with Crippen molar-refractivity contribution in [2.75, 3.05) is 11.0 Å². The number of hydrogen-bond acceptors (Lipinski definition) is 5. The summed E-state index contributed by atoms with van der Waals surface area (Å²) in [4.78, 5) is 4.69. The Bertz CT molecular complexity index is 1550. The van der Waals surface area contributed by atoms with Crippen molar-refractivity contribution in [1.82, 2.24) is 14.8 Å². The number of nitrogens with two attached hydrogens (primary N) is 1. The summed E-state index contributed by atoms with van der Waals surface area (Å²) < 4.78 is 44.0. The molecule has 2 unspecified atom stereocenters. The molecule has 2 heterocycles. The van der Waals surface area contributed by atoms with Gasteiger partial charge in [-0.15, -0.1) is 0 Å². The lowest BCUT2D eigenvalue weighted by molar-refractivity contribution is 0.143. The van der Waals surface area contributed by atoms with Gasteiger partial charge >= 0.3 is 0 Å². The van der Waals surface area contributed by atoms with Crippen molar-refractivity contribution in [1.29, 1.82) is 0 Å². The Kier molecular flexibility index (Phi) is 9.56. The van der Waals surface area contributed by atoms with Crippen LogP contribution in [0.2, 0.25) is 0 Å². The van der Waals surface area contributed by atoms with E-state index in [9.17, 15) is 18.1 Å². The number of anilines is 1. The number of aromatic nitrogens is 3. The first kappa shape index (κ1) is 29.9. The van der Waals surface area contributed by atoms with Crippen LogP contribution in [0.1, 0.15) is 50.7 Å². The van der Waals surface area contributed by atoms with Crippen molar-refractivity contribution in [2.45, 2.75) is 45.8 Å². The molecule has 4 aromatic rings. The molecule has 7 nitrogen and oxygen atoms in total. The first-order valence-corrected chi connectivity index (χ1v) is 14.0. The van der Waals surface area contributed by atoms with Gasteiger partial charge in [0.2, 0.25) is 0 Å². The normalized spacial score (nSPS) is 12.7. The minimum Gasteiger partial charge on any atom is -0.378 e. The van der Waals surface area contributed by atoms with Crippen LogP contribution in [0.25, 0.3) is 22.0 Å². The lowest BCUT2D eigenvalue weighted by atomic mass is 9.94. The molecule has 4 rings (SSSR count). The maximum atomic E-state index is 13.8. The number of aliphatic hydroxyl groups is 1. The van der Waals surface area contributed by atoms with E-state index in [0.717, 1.165) is 22.5 Å². The minimum atomic E-state index is -1.32. The summed E-state index contributed by atoms with van der Waals surface area (Å²) in [5.74, 6) is 4.71. The van der Waals surface area contributed by atoms with E-state index in [4.69, 9.17) is 10.7 Å². The molecular weight excluding hydrogens is 520 g/mol. The summed E-state index contributed by atoms with van der Waals surface area (Å²) in [6.45, 7) is 7.13. The van der Waals surface area contributed by atoms with Gasteiger partial charge in [-0.05, 0) is 62.1 Å². The van der Waals surface area contributed by atoms with Crippen LogP contribution in [0.4, 0.5) is 14.6 Å². The van der Waals surface area contributed by atoms with Gasteiger partial charge in [0, 0.05) is 35.9 Å². The van der Waals surface area contributed by atoms with E-state index in [-0.39, 0.29) is 6.42 Å². The molecule has 0 saturated heterocycles. The second-order valence-corrected chi connectivity index (χ2v) is 10.4. The van der Waals surface area contributed by atoms with Gasteiger partial charge in [0.25, 0.3) is 0 Å². The number of nitrogens with zero attached hydrogens (tertiary/aromatic N) is 3. The average molecular weight is 554 g/mol. The minimum absolute atomic E-state index is 0.125. The highest BCUT2D eigenvalue weighted by atomic mass is 32.2. The number of hydrogen-bond donors (Lipinski definition) is 3. The van der Waals surface area contributed by atoms with Gasteiger partial charge in [-0.25, -0.2) is 18.0 Å². The molecule has 0 bridgehead atoms. The van der Waals surface area contributed by atoms with Gasteiger partial charge in [0.15, 0.2) is 5.82 Å². The number of para-hydroxylation sites is 1. The zero-order valence-corrected chi connectivity index (χ0v) is 23.7. The molecule has 10 heteroatoms. The summed E-state index contributed by atoms with van der Waals surface area (Å²) in [5.41, 5.74) is 8.84. The van der Waals surface area contributed by atoms with E-state index in [1.165, 1.54) is 18.4 Å². The van der Waals surface area contributed by atoms with Gasteiger partial charge < -0.3 is 10.8 Å². The van der Waals surface area contributed by atoms with Gasteiger partial charge in [-0.3, -0.25) is 9.40 Å². The summed E-state index contributed by atoms with van der Waals surface area (Å²) in [6, 6.07) is 11.7. The van der Waals surface area contributed by atoms with E-state index in [1.807, 2.05) is 38.1 Å². The van der Waals surface area contributed by atoms with Crippen LogP contribution in [0.15, 0.2) is 48.5 Å². The molecule has 0 spiro atoms. The number of aryl methyl sites for hydroxylation is 1. The third kappa shape index (κ3) is 7.47. The van der Waals surface area contributed by atoms with E-state index in [0.29, 0.717) is 28.3 Å². The number of benzene rings is 2. The fraction of sp³-hybridized carbons (Fsp3) is 0.310. The first-order valence-electron chi connectivity index (χ1n) is 12.4. The molecule has 0 aliphatic carbocycles. The predicted octanol–water partition coefficient (Wildman–Crippen LogP) is 5.01. The summed E-state index contributed by atoms with van der Waals surface area (Å²) in [7, 11) is 0.462. The smallest absolute Gasteiger partial charge is 0.167 e. The van der Waals surface area contributed by atoms with Gasteiger partial charge in [0.1, 0.15) is 33.9 Å². The molecule has 0 saturated carbocycles. The highest BCUT2D eigenvalue weighted by molar-refractivity contribution is 7.85. The zero-order valence-electron chi connectivity index (χ0n) is 22.8. The Morgan fingerprint density at radius 3 is 2.41 bits per heavy atom. The van der Waals surface area contributed by atoms with Crippen molar-refractivity contribution in [3.63, 3.8) is 0 Å². The molecule has 2 aromatic carbocycles. The molecule has 0 aliphatic heterocycles. The Morgan fingerprint density at radius 2 is 1.79 bits per heavy atom. The molecule has 39 heavy (non-hydrogen) atoms. The topological polar surface area (TPSA) is 106 Å². The van der Waals surface area contributed by atoms with Crippen LogP contribution in [-0.4, -0.2) is 35.9 Å². The molecule has 206 valence electrons. The number of fused-ring (bicyclic) bond motifs is 1. The van der Waals surface area contributed by atoms with Crippen molar-refractivity contribution >= 4 is 27.7 Å². The molecule has 0 amide bonds. The van der Waals surface area contributed by atoms with Crippen molar-refractivity contribution in [3.8, 4) is 23.0 Å². The largest absolute Gasteiger partial charge is 0.378 e. The average Bonchev–Trinajstić information content (AvgIpc) is 3.17. The van der Waals surface area contributed by atoms with E-state index in [1.54, 1.807) is 31.6 Å². The molecule has 2 atom stereocenters. The Balaban J connectivity index is 0.00000205. The molecular formula is C29H33F2N5O2S. The monoisotopic (exact) mass is 553 g/mol. The Labute approximate surface area is 230 Å². The number of nitrogens with one attached hydrogen (secondary N) is 1. The molecule has 0 aliphatic rings. The van der Waals surface area contributed by atoms with Crippen LogP contribution in [-0.2, 0) is 24.5 Å². The lowest BCUT2D eigenvalue weighted by Crippen LogP contribution is -2.17. The van der Waals surface area contributed by atoms with Crippen LogP contribution < -0.4 is 10.5 Å². The van der Waals surface area contributed by atoms with Crippen molar-refractivity contribution < 1.29 is 18.1 Å².